The van der Waals surface area contributed by atoms with Gasteiger partial charge in [-0.25, -0.2) is 4.98 Å². The Labute approximate surface area is 129 Å². The average molecular weight is 300 g/mol. The second-order valence-electron chi connectivity index (χ2n) is 5.48. The summed E-state index contributed by atoms with van der Waals surface area (Å²) in [7, 11) is 0. The lowest BCUT2D eigenvalue weighted by Gasteiger charge is -2.24. The van der Waals surface area contributed by atoms with Crippen LogP contribution in [0.1, 0.15) is 31.7 Å². The smallest absolute Gasteiger partial charge is 0.232 e. The number of thiazole rings is 1. The molecule has 0 radical (unpaired) electrons. The molecule has 3 nitrogen and oxygen atoms in total. The fourth-order valence-electron chi connectivity index (χ4n) is 2.81. The van der Waals surface area contributed by atoms with Crippen molar-refractivity contribution in [2.75, 3.05) is 11.4 Å². The van der Waals surface area contributed by atoms with Crippen molar-refractivity contribution in [2.24, 2.45) is 5.92 Å². The maximum atomic E-state index is 12.8. The minimum atomic E-state index is 0.114. The van der Waals surface area contributed by atoms with E-state index in [4.69, 9.17) is 4.98 Å². The van der Waals surface area contributed by atoms with Gasteiger partial charge >= 0.3 is 0 Å². The van der Waals surface area contributed by atoms with Gasteiger partial charge < -0.3 is 0 Å². The summed E-state index contributed by atoms with van der Waals surface area (Å²) in [5.41, 5.74) is 2.19. The average Bonchev–Trinajstić information content (AvgIpc) is 2.94. The molecule has 0 saturated heterocycles. The van der Waals surface area contributed by atoms with E-state index in [2.05, 4.69) is 31.2 Å². The summed E-state index contributed by atoms with van der Waals surface area (Å²) < 4.78 is 1.15. The van der Waals surface area contributed by atoms with Gasteiger partial charge in [0.05, 0.1) is 10.2 Å². The topological polar surface area (TPSA) is 33.2 Å². The van der Waals surface area contributed by atoms with Gasteiger partial charge in [0.25, 0.3) is 0 Å². The summed E-state index contributed by atoms with van der Waals surface area (Å²) in [5, 5.41) is 0.835. The number of aromatic nitrogens is 1. The van der Waals surface area contributed by atoms with E-state index in [1.807, 2.05) is 17.9 Å². The van der Waals surface area contributed by atoms with E-state index in [0.717, 1.165) is 34.6 Å². The van der Waals surface area contributed by atoms with Crippen molar-refractivity contribution in [3.05, 3.63) is 35.9 Å². The minimum absolute atomic E-state index is 0.114. The first kappa shape index (κ1) is 14.3. The molecule has 4 heteroatoms. The number of rotatable bonds is 3. The lowest BCUT2D eigenvalue weighted by Crippen LogP contribution is -2.36. The van der Waals surface area contributed by atoms with Crippen LogP contribution in [0.4, 0.5) is 5.13 Å². The monoisotopic (exact) mass is 300 g/mol. The first-order chi connectivity index (χ1) is 10.2. The number of amides is 1. The molecule has 1 aromatic carbocycles. The van der Waals surface area contributed by atoms with Gasteiger partial charge in [-0.1, -0.05) is 35.6 Å². The van der Waals surface area contributed by atoms with Crippen molar-refractivity contribution in [3.63, 3.8) is 0 Å². The number of nitrogens with zero attached hydrogens (tertiary/aromatic N) is 2. The molecule has 1 amide bonds. The molecule has 0 aliphatic heterocycles. The second kappa shape index (κ2) is 5.98. The van der Waals surface area contributed by atoms with Crippen LogP contribution in [0.5, 0.6) is 0 Å². The zero-order chi connectivity index (χ0) is 14.8. The Balaban J connectivity index is 1.92. The molecule has 3 rings (SSSR count). The number of carbonyl (C=O) groups excluding carboxylic acids is 1. The van der Waals surface area contributed by atoms with Crippen molar-refractivity contribution in [3.8, 4) is 0 Å². The van der Waals surface area contributed by atoms with Crippen LogP contribution in [0.3, 0.4) is 0 Å². The van der Waals surface area contributed by atoms with Gasteiger partial charge in [-0.3, -0.25) is 9.69 Å². The molecule has 1 aliphatic carbocycles. The van der Waals surface area contributed by atoms with Crippen LogP contribution in [0, 0.1) is 12.8 Å². The highest BCUT2D eigenvalue weighted by molar-refractivity contribution is 7.22. The van der Waals surface area contributed by atoms with Gasteiger partial charge in [-0.05, 0) is 44.7 Å². The zero-order valence-electron chi connectivity index (χ0n) is 12.5. The normalized spacial score (nSPS) is 18.1. The minimum Gasteiger partial charge on any atom is -0.288 e. The molecule has 1 aromatic heterocycles. The summed E-state index contributed by atoms with van der Waals surface area (Å²) in [6.45, 7) is 4.77. The van der Waals surface area contributed by atoms with Gasteiger partial charge in [0, 0.05) is 12.5 Å². The fourth-order valence-corrected chi connectivity index (χ4v) is 3.93. The molecule has 0 fully saturated rings. The molecule has 1 aliphatic rings. The number of benzene rings is 1. The van der Waals surface area contributed by atoms with Crippen molar-refractivity contribution in [1.29, 1.82) is 0 Å². The zero-order valence-corrected chi connectivity index (χ0v) is 13.3. The van der Waals surface area contributed by atoms with E-state index in [1.54, 1.807) is 11.3 Å². The van der Waals surface area contributed by atoms with Crippen molar-refractivity contribution in [2.45, 2.75) is 33.1 Å². The number of hydrogen-bond donors (Lipinski definition) is 0. The molecule has 110 valence electrons. The molecule has 0 spiro atoms. The number of allylic oxidation sites excluding steroid dienone is 2. The summed E-state index contributed by atoms with van der Waals surface area (Å²) in [6.07, 6.45) is 7.12. The number of anilines is 1. The van der Waals surface area contributed by atoms with Crippen LogP contribution in [-0.4, -0.2) is 17.4 Å². The Kier molecular flexibility index (Phi) is 4.06. The van der Waals surface area contributed by atoms with Gasteiger partial charge in [-0.15, -0.1) is 0 Å². The van der Waals surface area contributed by atoms with Crippen LogP contribution < -0.4 is 4.90 Å². The molecule has 1 heterocycles. The van der Waals surface area contributed by atoms with E-state index < -0.39 is 0 Å². The van der Waals surface area contributed by atoms with Crippen LogP contribution in [0.2, 0.25) is 0 Å². The van der Waals surface area contributed by atoms with Gasteiger partial charge in [0.15, 0.2) is 5.13 Å². The molecule has 21 heavy (non-hydrogen) atoms. The Morgan fingerprint density at radius 2 is 2.29 bits per heavy atom. The Morgan fingerprint density at radius 1 is 1.43 bits per heavy atom. The highest BCUT2D eigenvalue weighted by Gasteiger charge is 2.26. The maximum Gasteiger partial charge on any atom is 0.232 e. The highest BCUT2D eigenvalue weighted by Crippen LogP contribution is 2.32. The lowest BCUT2D eigenvalue weighted by molar-refractivity contribution is -0.122. The van der Waals surface area contributed by atoms with E-state index in [9.17, 15) is 4.79 Å². The number of aryl methyl sites for hydroxylation is 1. The summed E-state index contributed by atoms with van der Waals surface area (Å²) >= 11 is 1.61. The molecule has 0 saturated carbocycles. The van der Waals surface area contributed by atoms with Crippen LogP contribution in [0.25, 0.3) is 10.2 Å². The number of hydrogen-bond acceptors (Lipinski definition) is 3. The van der Waals surface area contributed by atoms with Crippen molar-refractivity contribution < 1.29 is 4.79 Å². The Hall–Kier alpha value is -1.68. The van der Waals surface area contributed by atoms with Crippen LogP contribution >= 0.6 is 11.3 Å². The van der Waals surface area contributed by atoms with Crippen molar-refractivity contribution in [1.82, 2.24) is 4.98 Å². The molecule has 1 atom stereocenters. The fraction of sp³-hybridized carbons (Fsp3) is 0.412. The third-order valence-electron chi connectivity index (χ3n) is 4.04. The molecule has 2 aromatic rings. The summed E-state index contributed by atoms with van der Waals surface area (Å²) in [6, 6.07) is 6.19. The molecule has 0 bridgehead atoms. The van der Waals surface area contributed by atoms with E-state index in [-0.39, 0.29) is 11.8 Å². The Morgan fingerprint density at radius 3 is 2.95 bits per heavy atom. The maximum absolute atomic E-state index is 12.8. The standard InChI is InChI=1S/C17H20N2OS/c1-3-19(16(20)13-9-5-4-6-10-13)17-18-15-12(2)8-7-11-14(15)21-17/h4-5,7-8,11,13H,3,6,9-10H2,1-2H3/t13-/m0/s1. The first-order valence-electron chi connectivity index (χ1n) is 7.53. The van der Waals surface area contributed by atoms with Gasteiger partial charge in [-0.2, -0.15) is 0 Å². The van der Waals surface area contributed by atoms with Gasteiger partial charge in [0.1, 0.15) is 0 Å². The van der Waals surface area contributed by atoms with E-state index in [1.165, 1.54) is 5.56 Å². The van der Waals surface area contributed by atoms with Crippen LogP contribution in [-0.2, 0) is 4.79 Å². The SMILES string of the molecule is CCN(C(=O)[C@H]1CC=CCC1)c1nc2c(C)cccc2s1. The highest BCUT2D eigenvalue weighted by atomic mass is 32.1. The van der Waals surface area contributed by atoms with Crippen molar-refractivity contribution >= 4 is 32.6 Å². The molecular formula is C17H20N2OS. The predicted octanol–water partition coefficient (Wildman–Crippen LogP) is 4.31. The number of carbonyl (C=O) groups is 1. The lowest BCUT2D eigenvalue weighted by atomic mass is 9.93. The third kappa shape index (κ3) is 2.72. The van der Waals surface area contributed by atoms with Crippen LogP contribution in [0.15, 0.2) is 30.4 Å². The largest absolute Gasteiger partial charge is 0.288 e. The first-order valence-corrected chi connectivity index (χ1v) is 8.35. The molecular weight excluding hydrogens is 280 g/mol. The number of fused-ring (bicyclic) bond motifs is 1. The molecule has 0 N–H and O–H groups in total. The van der Waals surface area contributed by atoms with Gasteiger partial charge in [0.2, 0.25) is 5.91 Å². The summed E-state index contributed by atoms with van der Waals surface area (Å²) in [4.78, 5) is 19.3. The van der Waals surface area contributed by atoms with E-state index >= 15 is 0 Å². The molecule has 0 unspecified atom stereocenters. The second-order valence-corrected chi connectivity index (χ2v) is 6.49. The Bertz CT molecular complexity index is 689. The number of para-hydroxylation sites is 1. The third-order valence-corrected chi connectivity index (χ3v) is 5.08. The predicted molar refractivity (Wildman–Crippen MR) is 88.9 cm³/mol. The quantitative estimate of drug-likeness (QED) is 0.791. The van der Waals surface area contributed by atoms with E-state index in [0.29, 0.717) is 6.54 Å². The summed E-state index contributed by atoms with van der Waals surface area (Å²) in [5.74, 6) is 0.335.